The number of carbonyl (C=O) groups excluding carboxylic acids is 1. The quantitative estimate of drug-likeness (QED) is 0.865. The maximum absolute atomic E-state index is 12.3. The van der Waals surface area contributed by atoms with E-state index in [0.717, 1.165) is 5.56 Å². The Morgan fingerprint density at radius 1 is 1.20 bits per heavy atom. The molecule has 1 aromatic carbocycles. The number of nitrogens with one attached hydrogen (secondary N) is 1. The van der Waals surface area contributed by atoms with Crippen molar-refractivity contribution in [3.05, 3.63) is 53.3 Å². The van der Waals surface area contributed by atoms with Gasteiger partial charge in [-0.15, -0.1) is 0 Å². The highest BCUT2D eigenvalue weighted by Crippen LogP contribution is 2.36. The number of aromatic carboxylic acids is 1. The third kappa shape index (κ3) is 3.55. The molecule has 0 unspecified atom stereocenters. The number of amides is 1. The van der Waals surface area contributed by atoms with Crippen molar-refractivity contribution in [2.24, 2.45) is 0 Å². The number of benzene rings is 1. The third-order valence-corrected chi connectivity index (χ3v) is 4.08. The molecule has 2 aromatic rings. The van der Waals surface area contributed by atoms with Crippen molar-refractivity contribution >= 4 is 11.9 Å². The summed E-state index contributed by atoms with van der Waals surface area (Å²) in [4.78, 5) is 27.2. The van der Waals surface area contributed by atoms with Crippen molar-refractivity contribution in [3.63, 3.8) is 0 Å². The zero-order valence-electron chi connectivity index (χ0n) is 13.9. The number of rotatable bonds is 5. The molecule has 130 valence electrons. The second-order valence-corrected chi connectivity index (χ2v) is 6.37. The van der Waals surface area contributed by atoms with Crippen molar-refractivity contribution in [2.75, 3.05) is 13.3 Å². The highest BCUT2D eigenvalue weighted by molar-refractivity contribution is 5.95. The molecule has 1 aliphatic heterocycles. The Hall–Kier alpha value is -3.09. The third-order valence-electron chi connectivity index (χ3n) is 4.08. The van der Waals surface area contributed by atoms with Gasteiger partial charge in [0.1, 0.15) is 5.69 Å². The van der Waals surface area contributed by atoms with Gasteiger partial charge < -0.3 is 19.9 Å². The minimum Gasteiger partial charge on any atom is -0.478 e. The molecule has 25 heavy (non-hydrogen) atoms. The van der Waals surface area contributed by atoms with E-state index in [-0.39, 0.29) is 23.5 Å². The topological polar surface area (TPSA) is 97.8 Å². The number of ether oxygens (including phenoxy) is 2. The molecule has 1 aliphatic rings. The standard InChI is InChI=1S/C18H18N2O5/c1-18(2,12-3-4-14-15(8-12)25-10-24-14)9-20-16(21)13-7-11(17(22)23)5-6-19-13/h3-8H,9-10H2,1-2H3,(H,20,21)(H,22,23). The molecule has 2 N–H and O–H groups in total. The molecule has 0 saturated heterocycles. The van der Waals surface area contributed by atoms with Gasteiger partial charge in [0.25, 0.3) is 5.91 Å². The van der Waals surface area contributed by atoms with Gasteiger partial charge in [0.2, 0.25) is 6.79 Å². The maximum Gasteiger partial charge on any atom is 0.335 e. The van der Waals surface area contributed by atoms with Crippen LogP contribution >= 0.6 is 0 Å². The molecule has 0 fully saturated rings. The summed E-state index contributed by atoms with van der Waals surface area (Å²) in [6.45, 7) is 4.55. The van der Waals surface area contributed by atoms with Crippen LogP contribution in [0.15, 0.2) is 36.5 Å². The van der Waals surface area contributed by atoms with Gasteiger partial charge in [0.05, 0.1) is 5.56 Å². The van der Waals surface area contributed by atoms with Crippen LogP contribution in [0.2, 0.25) is 0 Å². The Kier molecular flexibility index (Phi) is 4.31. The molecule has 1 amide bonds. The number of pyridine rings is 1. The van der Waals surface area contributed by atoms with Gasteiger partial charge in [-0.05, 0) is 29.8 Å². The minimum atomic E-state index is -1.10. The summed E-state index contributed by atoms with van der Waals surface area (Å²) in [5.74, 6) is -0.125. The Morgan fingerprint density at radius 3 is 2.72 bits per heavy atom. The predicted molar refractivity (Wildman–Crippen MR) is 89.1 cm³/mol. The average molecular weight is 342 g/mol. The molecule has 1 aromatic heterocycles. The zero-order chi connectivity index (χ0) is 18.0. The van der Waals surface area contributed by atoms with Crippen LogP contribution in [-0.4, -0.2) is 35.3 Å². The number of carboxylic acid groups (broad SMARTS) is 1. The molecule has 7 heteroatoms. The van der Waals surface area contributed by atoms with E-state index in [9.17, 15) is 9.59 Å². The van der Waals surface area contributed by atoms with E-state index in [1.54, 1.807) is 0 Å². The molecule has 3 rings (SSSR count). The number of carbonyl (C=O) groups is 2. The molecular weight excluding hydrogens is 324 g/mol. The monoisotopic (exact) mass is 342 g/mol. The first-order chi connectivity index (χ1) is 11.9. The molecule has 7 nitrogen and oxygen atoms in total. The van der Waals surface area contributed by atoms with E-state index in [4.69, 9.17) is 14.6 Å². The first kappa shape index (κ1) is 16.8. The Bertz CT molecular complexity index is 832. The van der Waals surface area contributed by atoms with Crippen molar-refractivity contribution in [1.29, 1.82) is 0 Å². The summed E-state index contributed by atoms with van der Waals surface area (Å²) in [6.07, 6.45) is 1.31. The number of hydrogen-bond acceptors (Lipinski definition) is 5. The summed E-state index contributed by atoms with van der Waals surface area (Å²) in [5, 5.41) is 11.8. The molecule has 0 bridgehead atoms. The summed E-state index contributed by atoms with van der Waals surface area (Å²) in [5.41, 5.74) is 0.724. The van der Waals surface area contributed by atoms with Crippen molar-refractivity contribution in [1.82, 2.24) is 10.3 Å². The normalized spacial score (nSPS) is 12.7. The fourth-order valence-corrected chi connectivity index (χ4v) is 2.50. The Morgan fingerprint density at radius 2 is 1.96 bits per heavy atom. The average Bonchev–Trinajstić information content (AvgIpc) is 3.07. The van der Waals surface area contributed by atoms with Crippen molar-refractivity contribution < 1.29 is 24.2 Å². The van der Waals surface area contributed by atoms with Crippen LogP contribution in [0.4, 0.5) is 0 Å². The largest absolute Gasteiger partial charge is 0.478 e. The van der Waals surface area contributed by atoms with Gasteiger partial charge in [0, 0.05) is 18.2 Å². The van der Waals surface area contributed by atoms with Crippen LogP contribution in [0.5, 0.6) is 11.5 Å². The van der Waals surface area contributed by atoms with Gasteiger partial charge in [0.15, 0.2) is 11.5 Å². The summed E-state index contributed by atoms with van der Waals surface area (Å²) >= 11 is 0. The van der Waals surface area contributed by atoms with E-state index in [0.29, 0.717) is 18.0 Å². The van der Waals surface area contributed by atoms with Gasteiger partial charge in [-0.2, -0.15) is 0 Å². The van der Waals surface area contributed by atoms with Gasteiger partial charge in [-0.3, -0.25) is 9.78 Å². The second-order valence-electron chi connectivity index (χ2n) is 6.37. The van der Waals surface area contributed by atoms with Crippen LogP contribution in [0, 0.1) is 0 Å². The van der Waals surface area contributed by atoms with Gasteiger partial charge in [-0.1, -0.05) is 19.9 Å². The number of nitrogens with zero attached hydrogens (tertiary/aromatic N) is 1. The SMILES string of the molecule is CC(C)(CNC(=O)c1cc(C(=O)O)ccn1)c1ccc2c(c1)OCO2. The molecule has 0 aliphatic carbocycles. The molecule has 0 radical (unpaired) electrons. The van der Waals surface area contributed by atoms with E-state index in [2.05, 4.69) is 10.3 Å². The lowest BCUT2D eigenvalue weighted by molar-refractivity contribution is 0.0696. The number of aromatic nitrogens is 1. The summed E-state index contributed by atoms with van der Waals surface area (Å²) < 4.78 is 10.7. The first-order valence-electron chi connectivity index (χ1n) is 7.74. The lowest BCUT2D eigenvalue weighted by atomic mass is 9.84. The number of hydrogen-bond donors (Lipinski definition) is 2. The van der Waals surface area contributed by atoms with Crippen LogP contribution < -0.4 is 14.8 Å². The van der Waals surface area contributed by atoms with E-state index in [1.807, 2.05) is 32.0 Å². The van der Waals surface area contributed by atoms with Crippen LogP contribution in [0.3, 0.4) is 0 Å². The molecule has 0 saturated carbocycles. The second kappa shape index (κ2) is 6.43. The van der Waals surface area contributed by atoms with Gasteiger partial charge in [-0.25, -0.2) is 4.79 Å². The van der Waals surface area contributed by atoms with E-state index in [1.165, 1.54) is 18.3 Å². The zero-order valence-corrected chi connectivity index (χ0v) is 13.9. The molecule has 0 atom stereocenters. The summed E-state index contributed by atoms with van der Waals surface area (Å²) in [6, 6.07) is 8.28. The fraction of sp³-hybridized carbons (Fsp3) is 0.278. The minimum absolute atomic E-state index is 0.0233. The summed E-state index contributed by atoms with van der Waals surface area (Å²) in [7, 11) is 0. The molecule has 0 spiro atoms. The Labute approximate surface area is 144 Å². The highest BCUT2D eigenvalue weighted by atomic mass is 16.7. The fourth-order valence-electron chi connectivity index (χ4n) is 2.50. The van der Waals surface area contributed by atoms with Crippen LogP contribution in [0.1, 0.15) is 40.3 Å². The predicted octanol–water partition coefficient (Wildman–Crippen LogP) is 2.22. The number of carboxylic acids is 1. The first-order valence-corrected chi connectivity index (χ1v) is 7.74. The Balaban J connectivity index is 1.70. The van der Waals surface area contributed by atoms with Crippen molar-refractivity contribution in [2.45, 2.75) is 19.3 Å². The lowest BCUT2D eigenvalue weighted by Gasteiger charge is -2.25. The smallest absolute Gasteiger partial charge is 0.335 e. The lowest BCUT2D eigenvalue weighted by Crippen LogP contribution is -2.37. The highest BCUT2D eigenvalue weighted by Gasteiger charge is 2.25. The van der Waals surface area contributed by atoms with E-state index >= 15 is 0 Å². The molecule has 2 heterocycles. The van der Waals surface area contributed by atoms with E-state index < -0.39 is 11.9 Å². The number of fused-ring (bicyclic) bond motifs is 1. The van der Waals surface area contributed by atoms with Crippen LogP contribution in [-0.2, 0) is 5.41 Å². The van der Waals surface area contributed by atoms with Crippen LogP contribution in [0.25, 0.3) is 0 Å². The van der Waals surface area contributed by atoms with Gasteiger partial charge >= 0.3 is 5.97 Å². The maximum atomic E-state index is 12.3. The van der Waals surface area contributed by atoms with Crippen molar-refractivity contribution in [3.8, 4) is 11.5 Å². The molecular formula is C18H18N2O5.